The van der Waals surface area contributed by atoms with Crippen molar-refractivity contribution in [2.75, 3.05) is 19.0 Å². The maximum absolute atomic E-state index is 5.70. The van der Waals surface area contributed by atoms with Gasteiger partial charge in [0.1, 0.15) is 0 Å². The van der Waals surface area contributed by atoms with Gasteiger partial charge in [-0.05, 0) is 12.1 Å². The largest absolute Gasteiger partial charge is 0.298 e. The summed E-state index contributed by atoms with van der Waals surface area (Å²) in [6.45, 7) is 5.19. The van der Waals surface area contributed by atoms with Gasteiger partial charge in [0.2, 0.25) is 0 Å². The average molecular weight is 198 g/mol. The lowest BCUT2D eigenvalue weighted by Crippen LogP contribution is -2.24. The summed E-state index contributed by atoms with van der Waals surface area (Å²) in [4.78, 5) is 2.34. The number of benzene rings is 1. The molecule has 0 fully saturated rings. The minimum absolute atomic E-state index is 0.709. The predicted molar refractivity (Wildman–Crippen MR) is 58.1 cm³/mol. The van der Waals surface area contributed by atoms with Crippen LogP contribution in [0.2, 0.25) is 0 Å². The molecule has 0 saturated carbocycles. The Morgan fingerprint density at radius 3 is 2.46 bits per heavy atom. The van der Waals surface area contributed by atoms with Gasteiger partial charge in [-0.15, -0.1) is 11.6 Å². The number of nitrogens with zero attached hydrogens (tertiary/aromatic N) is 1. The molecular weight excluding hydrogens is 182 g/mol. The van der Waals surface area contributed by atoms with Crippen LogP contribution in [0.3, 0.4) is 0 Å². The molecule has 1 nitrogen and oxygen atoms in total. The van der Waals surface area contributed by atoms with Gasteiger partial charge in [-0.1, -0.05) is 37.3 Å². The van der Waals surface area contributed by atoms with Crippen LogP contribution >= 0.6 is 11.6 Å². The zero-order valence-electron chi connectivity index (χ0n) is 8.04. The third-order valence-electron chi connectivity index (χ3n) is 2.10. The Kier molecular flexibility index (Phi) is 4.87. The summed E-state index contributed by atoms with van der Waals surface area (Å²) in [6.07, 6.45) is 0. The van der Waals surface area contributed by atoms with Gasteiger partial charge >= 0.3 is 0 Å². The van der Waals surface area contributed by atoms with Crippen LogP contribution in [-0.2, 0) is 6.54 Å². The molecule has 0 radical (unpaired) electrons. The molecule has 0 aromatic heterocycles. The van der Waals surface area contributed by atoms with E-state index in [-0.39, 0.29) is 0 Å². The summed E-state index contributed by atoms with van der Waals surface area (Å²) < 4.78 is 0. The van der Waals surface area contributed by atoms with Crippen molar-refractivity contribution >= 4 is 11.6 Å². The fourth-order valence-electron chi connectivity index (χ4n) is 1.31. The number of hydrogen-bond acceptors (Lipinski definition) is 1. The molecule has 0 N–H and O–H groups in total. The molecule has 2 heteroatoms. The highest BCUT2D eigenvalue weighted by atomic mass is 35.5. The molecule has 0 amide bonds. The summed E-state index contributed by atoms with van der Waals surface area (Å²) >= 11 is 5.70. The Hall–Kier alpha value is -0.530. The molecule has 1 aromatic rings. The molecule has 1 rings (SSSR count). The topological polar surface area (TPSA) is 3.24 Å². The molecule has 0 heterocycles. The summed E-state index contributed by atoms with van der Waals surface area (Å²) in [5.74, 6) is 0.709. The van der Waals surface area contributed by atoms with Gasteiger partial charge in [-0.3, -0.25) is 4.90 Å². The Morgan fingerprint density at radius 1 is 1.23 bits per heavy atom. The maximum Gasteiger partial charge on any atom is 0.0351 e. The summed E-state index contributed by atoms with van der Waals surface area (Å²) in [6, 6.07) is 10.5. The first-order chi connectivity index (χ1) is 6.36. The Morgan fingerprint density at radius 2 is 1.92 bits per heavy atom. The average Bonchev–Trinajstić information content (AvgIpc) is 2.19. The molecule has 0 spiro atoms. The van der Waals surface area contributed by atoms with E-state index in [0.717, 1.165) is 19.6 Å². The number of halogens is 1. The van der Waals surface area contributed by atoms with E-state index < -0.39 is 0 Å². The Bertz CT molecular complexity index is 223. The van der Waals surface area contributed by atoms with Gasteiger partial charge in [0.15, 0.2) is 0 Å². The normalized spacial score (nSPS) is 10.7. The second kappa shape index (κ2) is 6.01. The van der Waals surface area contributed by atoms with Crippen molar-refractivity contribution in [3.05, 3.63) is 35.9 Å². The molecule has 0 aliphatic carbocycles. The first-order valence-corrected chi connectivity index (χ1v) is 5.22. The lowest BCUT2D eigenvalue weighted by Gasteiger charge is -2.18. The third kappa shape index (κ3) is 3.79. The van der Waals surface area contributed by atoms with Crippen molar-refractivity contribution in [3.63, 3.8) is 0 Å². The first-order valence-electron chi connectivity index (χ1n) is 4.69. The fourth-order valence-corrected chi connectivity index (χ4v) is 1.55. The molecule has 0 aliphatic rings. The third-order valence-corrected chi connectivity index (χ3v) is 2.27. The molecule has 0 aliphatic heterocycles. The molecule has 13 heavy (non-hydrogen) atoms. The van der Waals surface area contributed by atoms with Crippen LogP contribution in [0.15, 0.2) is 30.3 Å². The highest BCUT2D eigenvalue weighted by Crippen LogP contribution is 2.03. The maximum atomic E-state index is 5.70. The zero-order chi connectivity index (χ0) is 9.52. The Balaban J connectivity index is 2.46. The van der Waals surface area contributed by atoms with Gasteiger partial charge in [0, 0.05) is 19.0 Å². The highest BCUT2D eigenvalue weighted by molar-refractivity contribution is 6.18. The summed E-state index contributed by atoms with van der Waals surface area (Å²) in [7, 11) is 0. The molecule has 72 valence electrons. The van der Waals surface area contributed by atoms with E-state index in [0.29, 0.717) is 5.88 Å². The van der Waals surface area contributed by atoms with Crippen LogP contribution in [0.1, 0.15) is 12.5 Å². The summed E-state index contributed by atoms with van der Waals surface area (Å²) in [5.41, 5.74) is 1.36. The molecule has 0 atom stereocenters. The molecule has 0 bridgehead atoms. The SMILES string of the molecule is CCN(CCCl)Cc1ccccc1. The first kappa shape index (κ1) is 10.6. The van der Waals surface area contributed by atoms with Crippen LogP contribution in [0.25, 0.3) is 0 Å². The van der Waals surface area contributed by atoms with E-state index in [4.69, 9.17) is 11.6 Å². The molecule has 1 aromatic carbocycles. The second-order valence-electron chi connectivity index (χ2n) is 3.04. The smallest absolute Gasteiger partial charge is 0.0351 e. The molecule has 0 saturated heterocycles. The lowest BCUT2D eigenvalue weighted by atomic mass is 10.2. The van der Waals surface area contributed by atoms with E-state index in [2.05, 4.69) is 36.1 Å². The highest BCUT2D eigenvalue weighted by Gasteiger charge is 2.01. The predicted octanol–water partition coefficient (Wildman–Crippen LogP) is 2.75. The van der Waals surface area contributed by atoms with E-state index in [1.807, 2.05) is 6.07 Å². The zero-order valence-corrected chi connectivity index (χ0v) is 8.80. The van der Waals surface area contributed by atoms with Gasteiger partial charge in [-0.2, -0.15) is 0 Å². The number of alkyl halides is 1. The van der Waals surface area contributed by atoms with E-state index in [9.17, 15) is 0 Å². The van der Waals surface area contributed by atoms with Crippen molar-refractivity contribution in [3.8, 4) is 0 Å². The Labute approximate surface area is 85.3 Å². The minimum Gasteiger partial charge on any atom is -0.298 e. The molecular formula is C11H16ClN. The van der Waals surface area contributed by atoms with Gasteiger partial charge in [0.05, 0.1) is 0 Å². The summed E-state index contributed by atoms with van der Waals surface area (Å²) in [5, 5.41) is 0. The van der Waals surface area contributed by atoms with E-state index in [1.54, 1.807) is 0 Å². The molecule has 0 unspecified atom stereocenters. The number of rotatable bonds is 5. The van der Waals surface area contributed by atoms with Crippen LogP contribution < -0.4 is 0 Å². The lowest BCUT2D eigenvalue weighted by molar-refractivity contribution is 0.297. The van der Waals surface area contributed by atoms with E-state index in [1.165, 1.54) is 5.56 Å². The van der Waals surface area contributed by atoms with Crippen molar-refractivity contribution < 1.29 is 0 Å². The standard InChI is InChI=1S/C11H16ClN/c1-2-13(9-8-12)10-11-6-4-3-5-7-11/h3-7H,2,8-10H2,1H3. The van der Waals surface area contributed by atoms with Crippen LogP contribution in [-0.4, -0.2) is 23.9 Å². The fraction of sp³-hybridized carbons (Fsp3) is 0.455. The van der Waals surface area contributed by atoms with Crippen molar-refractivity contribution in [2.24, 2.45) is 0 Å². The quantitative estimate of drug-likeness (QED) is 0.657. The van der Waals surface area contributed by atoms with Crippen LogP contribution in [0, 0.1) is 0 Å². The van der Waals surface area contributed by atoms with Gasteiger partial charge in [0.25, 0.3) is 0 Å². The van der Waals surface area contributed by atoms with Crippen molar-refractivity contribution in [1.29, 1.82) is 0 Å². The van der Waals surface area contributed by atoms with Crippen molar-refractivity contribution in [1.82, 2.24) is 4.90 Å². The minimum atomic E-state index is 0.709. The van der Waals surface area contributed by atoms with Crippen molar-refractivity contribution in [2.45, 2.75) is 13.5 Å². The second-order valence-corrected chi connectivity index (χ2v) is 3.42. The number of hydrogen-bond donors (Lipinski definition) is 0. The van der Waals surface area contributed by atoms with Crippen LogP contribution in [0.5, 0.6) is 0 Å². The monoisotopic (exact) mass is 197 g/mol. The van der Waals surface area contributed by atoms with E-state index >= 15 is 0 Å². The van der Waals surface area contributed by atoms with Gasteiger partial charge in [-0.25, -0.2) is 0 Å². The van der Waals surface area contributed by atoms with Gasteiger partial charge < -0.3 is 0 Å². The van der Waals surface area contributed by atoms with Crippen LogP contribution in [0.4, 0.5) is 0 Å².